The summed E-state index contributed by atoms with van der Waals surface area (Å²) in [5.41, 5.74) is 1.36. The second-order valence-corrected chi connectivity index (χ2v) is 6.28. The molecule has 1 saturated heterocycles. The van der Waals surface area contributed by atoms with Crippen LogP contribution in [-0.4, -0.2) is 35.7 Å². The first kappa shape index (κ1) is 13.1. The van der Waals surface area contributed by atoms with Crippen LogP contribution in [0.25, 0.3) is 0 Å². The fraction of sp³-hybridized carbons (Fsp3) is 0.647. The van der Waals surface area contributed by atoms with Crippen LogP contribution in [0.15, 0.2) is 30.3 Å². The SMILES string of the molecule is OC[C@]1(c2ccccc2)CC[C@H](N2CCCC2)CC1. The molecule has 1 aromatic carbocycles. The van der Waals surface area contributed by atoms with E-state index in [4.69, 9.17) is 0 Å². The zero-order valence-corrected chi connectivity index (χ0v) is 11.7. The molecule has 0 bridgehead atoms. The molecule has 0 radical (unpaired) electrons. The highest BCUT2D eigenvalue weighted by Crippen LogP contribution is 2.40. The van der Waals surface area contributed by atoms with E-state index in [1.54, 1.807) is 0 Å². The van der Waals surface area contributed by atoms with Gasteiger partial charge in [-0.2, -0.15) is 0 Å². The van der Waals surface area contributed by atoms with Crippen LogP contribution in [0.3, 0.4) is 0 Å². The molecule has 2 heteroatoms. The maximum atomic E-state index is 9.93. The van der Waals surface area contributed by atoms with Gasteiger partial charge < -0.3 is 10.0 Å². The highest BCUT2D eigenvalue weighted by molar-refractivity contribution is 5.26. The first-order chi connectivity index (χ1) is 9.34. The maximum absolute atomic E-state index is 9.93. The predicted molar refractivity (Wildman–Crippen MR) is 78.3 cm³/mol. The Balaban J connectivity index is 1.69. The highest BCUT2D eigenvalue weighted by atomic mass is 16.3. The lowest BCUT2D eigenvalue weighted by atomic mass is 9.68. The van der Waals surface area contributed by atoms with Gasteiger partial charge in [0.2, 0.25) is 0 Å². The summed E-state index contributed by atoms with van der Waals surface area (Å²) in [6, 6.07) is 11.4. The van der Waals surface area contributed by atoms with Crippen molar-refractivity contribution in [2.75, 3.05) is 19.7 Å². The van der Waals surface area contributed by atoms with E-state index in [-0.39, 0.29) is 5.41 Å². The van der Waals surface area contributed by atoms with Crippen molar-refractivity contribution in [2.24, 2.45) is 0 Å². The lowest BCUT2D eigenvalue weighted by molar-refractivity contribution is 0.101. The fourth-order valence-corrected chi connectivity index (χ4v) is 3.96. The Morgan fingerprint density at radius 3 is 2.26 bits per heavy atom. The zero-order chi connectivity index (χ0) is 13.1. The van der Waals surface area contributed by atoms with Gasteiger partial charge in [0.05, 0.1) is 6.61 Å². The third-order valence-electron chi connectivity index (χ3n) is 5.26. The van der Waals surface area contributed by atoms with E-state index in [0.29, 0.717) is 6.61 Å². The molecule has 0 amide bonds. The highest BCUT2D eigenvalue weighted by Gasteiger charge is 2.38. The number of aliphatic hydroxyl groups excluding tert-OH is 1. The minimum atomic E-state index is 0.0253. The fourth-order valence-electron chi connectivity index (χ4n) is 3.96. The second kappa shape index (κ2) is 5.64. The van der Waals surface area contributed by atoms with E-state index in [9.17, 15) is 5.11 Å². The van der Waals surface area contributed by atoms with Crippen LogP contribution in [0.1, 0.15) is 44.1 Å². The third-order valence-corrected chi connectivity index (χ3v) is 5.26. The summed E-state index contributed by atoms with van der Waals surface area (Å²) < 4.78 is 0. The summed E-state index contributed by atoms with van der Waals surface area (Å²) >= 11 is 0. The second-order valence-electron chi connectivity index (χ2n) is 6.28. The van der Waals surface area contributed by atoms with Gasteiger partial charge in [0.15, 0.2) is 0 Å². The van der Waals surface area contributed by atoms with Crippen molar-refractivity contribution in [3.05, 3.63) is 35.9 Å². The molecule has 104 valence electrons. The van der Waals surface area contributed by atoms with E-state index in [0.717, 1.165) is 18.9 Å². The Morgan fingerprint density at radius 1 is 1.05 bits per heavy atom. The van der Waals surface area contributed by atoms with E-state index < -0.39 is 0 Å². The summed E-state index contributed by atoms with van der Waals surface area (Å²) in [7, 11) is 0. The minimum absolute atomic E-state index is 0.0253. The molecule has 1 heterocycles. The van der Waals surface area contributed by atoms with Gasteiger partial charge in [0, 0.05) is 11.5 Å². The number of hydrogen-bond acceptors (Lipinski definition) is 2. The number of aliphatic hydroxyl groups is 1. The van der Waals surface area contributed by atoms with Crippen molar-refractivity contribution in [1.29, 1.82) is 0 Å². The van der Waals surface area contributed by atoms with E-state index in [1.807, 2.05) is 0 Å². The van der Waals surface area contributed by atoms with Crippen molar-refractivity contribution in [1.82, 2.24) is 4.90 Å². The van der Waals surface area contributed by atoms with Gasteiger partial charge in [-0.15, -0.1) is 0 Å². The quantitative estimate of drug-likeness (QED) is 0.902. The summed E-state index contributed by atoms with van der Waals surface area (Å²) in [4.78, 5) is 2.67. The Labute approximate surface area is 116 Å². The maximum Gasteiger partial charge on any atom is 0.0527 e. The topological polar surface area (TPSA) is 23.5 Å². The molecular formula is C17H25NO. The molecule has 2 aliphatic rings. The number of rotatable bonds is 3. The van der Waals surface area contributed by atoms with Gasteiger partial charge in [-0.3, -0.25) is 0 Å². The van der Waals surface area contributed by atoms with Crippen LogP contribution in [0, 0.1) is 0 Å². The Morgan fingerprint density at radius 2 is 1.68 bits per heavy atom. The summed E-state index contributed by atoms with van der Waals surface area (Å²) in [6.07, 6.45) is 7.51. The van der Waals surface area contributed by atoms with Gasteiger partial charge in [0.1, 0.15) is 0 Å². The summed E-state index contributed by atoms with van der Waals surface area (Å²) in [5, 5.41) is 9.93. The third kappa shape index (κ3) is 2.56. The number of benzene rings is 1. The molecule has 0 aromatic heterocycles. The molecular weight excluding hydrogens is 234 g/mol. The van der Waals surface area contributed by atoms with Crippen LogP contribution in [0.4, 0.5) is 0 Å². The molecule has 2 nitrogen and oxygen atoms in total. The Hall–Kier alpha value is -0.860. The van der Waals surface area contributed by atoms with Gasteiger partial charge >= 0.3 is 0 Å². The van der Waals surface area contributed by atoms with Crippen LogP contribution in [-0.2, 0) is 5.41 Å². The summed E-state index contributed by atoms with van der Waals surface area (Å²) in [5.74, 6) is 0. The van der Waals surface area contributed by atoms with E-state index in [1.165, 1.54) is 44.3 Å². The first-order valence-electron chi connectivity index (χ1n) is 7.74. The van der Waals surface area contributed by atoms with Gasteiger partial charge in [-0.25, -0.2) is 0 Å². The predicted octanol–water partition coefficient (Wildman–Crippen LogP) is 2.96. The van der Waals surface area contributed by atoms with Gasteiger partial charge in [-0.05, 0) is 57.2 Å². The van der Waals surface area contributed by atoms with Crippen molar-refractivity contribution in [2.45, 2.75) is 50.0 Å². The van der Waals surface area contributed by atoms with Crippen LogP contribution >= 0.6 is 0 Å². The van der Waals surface area contributed by atoms with Crippen LogP contribution in [0.5, 0.6) is 0 Å². The largest absolute Gasteiger partial charge is 0.395 e. The Kier molecular flexibility index (Phi) is 3.90. The molecule has 0 atom stereocenters. The summed E-state index contributed by atoms with van der Waals surface area (Å²) in [6.45, 7) is 2.88. The number of hydrogen-bond donors (Lipinski definition) is 1. The van der Waals surface area contributed by atoms with Crippen LogP contribution < -0.4 is 0 Å². The lowest BCUT2D eigenvalue weighted by Gasteiger charge is -2.42. The molecule has 1 aromatic rings. The normalized spacial score (nSPS) is 32.6. The zero-order valence-electron chi connectivity index (χ0n) is 11.7. The lowest BCUT2D eigenvalue weighted by Crippen LogP contribution is -2.43. The molecule has 1 aliphatic heterocycles. The van der Waals surface area contributed by atoms with E-state index >= 15 is 0 Å². The standard InChI is InChI=1S/C17H25NO/c19-14-17(15-6-2-1-3-7-15)10-8-16(9-11-17)18-12-4-5-13-18/h1-3,6-7,16,19H,4-5,8-14H2/t16-,17-. The van der Waals surface area contributed by atoms with Crippen molar-refractivity contribution in [3.8, 4) is 0 Å². The molecule has 19 heavy (non-hydrogen) atoms. The molecule has 1 aliphatic carbocycles. The molecule has 0 spiro atoms. The van der Waals surface area contributed by atoms with Gasteiger partial charge in [0.25, 0.3) is 0 Å². The average molecular weight is 259 g/mol. The number of nitrogens with zero attached hydrogens (tertiary/aromatic N) is 1. The minimum Gasteiger partial charge on any atom is -0.395 e. The molecule has 1 saturated carbocycles. The molecule has 3 rings (SSSR count). The number of likely N-dealkylation sites (tertiary alicyclic amines) is 1. The first-order valence-corrected chi connectivity index (χ1v) is 7.74. The molecule has 2 fully saturated rings. The van der Waals surface area contributed by atoms with Crippen molar-refractivity contribution in [3.63, 3.8) is 0 Å². The Bertz CT molecular complexity index is 389. The monoisotopic (exact) mass is 259 g/mol. The average Bonchev–Trinajstić information content (AvgIpc) is 3.02. The van der Waals surface area contributed by atoms with Crippen molar-refractivity contribution < 1.29 is 5.11 Å². The van der Waals surface area contributed by atoms with Crippen molar-refractivity contribution >= 4 is 0 Å². The molecule has 0 unspecified atom stereocenters. The molecule has 1 N–H and O–H groups in total. The van der Waals surface area contributed by atoms with E-state index in [2.05, 4.69) is 35.2 Å². The van der Waals surface area contributed by atoms with Crippen LogP contribution in [0.2, 0.25) is 0 Å². The smallest absolute Gasteiger partial charge is 0.0527 e. The van der Waals surface area contributed by atoms with Gasteiger partial charge in [-0.1, -0.05) is 30.3 Å².